The van der Waals surface area contributed by atoms with E-state index in [9.17, 15) is 4.79 Å². The average molecular weight is 366 g/mol. The van der Waals surface area contributed by atoms with Gasteiger partial charge < -0.3 is 20.1 Å². The number of amides is 1. The van der Waals surface area contributed by atoms with Gasteiger partial charge in [0.05, 0.1) is 14.2 Å². The van der Waals surface area contributed by atoms with E-state index in [1.165, 1.54) is 5.56 Å². The van der Waals surface area contributed by atoms with Crippen LogP contribution >= 0.6 is 0 Å². The first-order chi connectivity index (χ1) is 12.9. The number of fused-ring (bicyclic) bond motifs is 1. The summed E-state index contributed by atoms with van der Waals surface area (Å²) in [6, 6.07) is 13.8. The Balaban J connectivity index is 1.74. The first kappa shape index (κ1) is 18.8. The highest BCUT2D eigenvalue weighted by Gasteiger charge is 2.27. The molecule has 1 amide bonds. The van der Waals surface area contributed by atoms with Crippen molar-refractivity contribution in [3.8, 4) is 11.5 Å². The van der Waals surface area contributed by atoms with Gasteiger partial charge in [0.2, 0.25) is 5.91 Å². The van der Waals surface area contributed by atoms with Crippen LogP contribution in [-0.2, 0) is 17.8 Å². The number of carbonyl (C=O) groups is 1. The van der Waals surface area contributed by atoms with Gasteiger partial charge in [-0.3, -0.25) is 4.79 Å². The molecule has 0 bridgehead atoms. The van der Waals surface area contributed by atoms with Crippen LogP contribution in [0.3, 0.4) is 0 Å². The second kappa shape index (κ2) is 7.74. The van der Waals surface area contributed by atoms with Gasteiger partial charge in [-0.05, 0) is 43.5 Å². The Labute approximate surface area is 160 Å². The van der Waals surface area contributed by atoms with Crippen LogP contribution in [0.25, 0.3) is 5.70 Å². The van der Waals surface area contributed by atoms with Crippen LogP contribution in [0.4, 0.5) is 0 Å². The lowest BCUT2D eigenvalue weighted by Gasteiger charge is -2.35. The molecule has 0 aliphatic carbocycles. The number of carbonyl (C=O) groups excluding carboxylic acids is 1. The Morgan fingerprint density at radius 2 is 1.89 bits per heavy atom. The Morgan fingerprint density at radius 3 is 2.63 bits per heavy atom. The number of ether oxygens (including phenoxy) is 2. The summed E-state index contributed by atoms with van der Waals surface area (Å²) in [5.41, 5.74) is 4.03. The molecule has 2 aromatic carbocycles. The molecule has 1 aliphatic rings. The molecule has 3 rings (SSSR count). The normalized spacial score (nSPS) is 16.2. The lowest BCUT2D eigenvalue weighted by atomic mass is 9.86. The Morgan fingerprint density at radius 1 is 1.15 bits per heavy atom. The maximum Gasteiger partial charge on any atom is 0.246 e. The molecular weight excluding hydrogens is 340 g/mol. The van der Waals surface area contributed by atoms with Gasteiger partial charge in [0.15, 0.2) is 11.5 Å². The molecule has 0 unspecified atom stereocenters. The highest BCUT2D eigenvalue weighted by Crippen LogP contribution is 2.29. The predicted molar refractivity (Wildman–Crippen MR) is 107 cm³/mol. The molecular formula is C22H26N2O3. The first-order valence-electron chi connectivity index (χ1n) is 8.99. The molecule has 5 nitrogen and oxygen atoms in total. The number of hydrogen-bond donors (Lipinski definition) is 2. The molecule has 27 heavy (non-hydrogen) atoms. The first-order valence-corrected chi connectivity index (χ1v) is 8.99. The average Bonchev–Trinajstić information content (AvgIpc) is 2.65. The molecule has 0 aromatic heterocycles. The maximum absolute atomic E-state index is 12.5. The molecule has 1 aliphatic heterocycles. The fourth-order valence-electron chi connectivity index (χ4n) is 3.37. The molecule has 142 valence electrons. The van der Waals surface area contributed by atoms with Gasteiger partial charge in [-0.15, -0.1) is 0 Å². The van der Waals surface area contributed by atoms with E-state index in [1.807, 2.05) is 36.4 Å². The molecule has 0 spiro atoms. The SMILES string of the molecule is COc1ccc(CNC(=O)C=C2NC(C)(C)Cc3ccccc32)cc1OC. The second-order valence-electron chi connectivity index (χ2n) is 7.31. The Kier molecular flexibility index (Phi) is 5.40. The predicted octanol–water partition coefficient (Wildman–Crippen LogP) is 3.29. The quantitative estimate of drug-likeness (QED) is 0.798. The van der Waals surface area contributed by atoms with E-state index in [-0.39, 0.29) is 11.4 Å². The lowest BCUT2D eigenvalue weighted by molar-refractivity contribution is -0.116. The molecule has 1 heterocycles. The largest absolute Gasteiger partial charge is 0.493 e. The van der Waals surface area contributed by atoms with Crippen molar-refractivity contribution in [3.05, 3.63) is 65.2 Å². The maximum atomic E-state index is 12.5. The van der Waals surface area contributed by atoms with Gasteiger partial charge in [-0.25, -0.2) is 0 Å². The number of hydrogen-bond acceptors (Lipinski definition) is 4. The molecule has 0 saturated heterocycles. The van der Waals surface area contributed by atoms with Crippen LogP contribution < -0.4 is 20.1 Å². The van der Waals surface area contributed by atoms with Crippen LogP contribution in [0.1, 0.15) is 30.5 Å². The van der Waals surface area contributed by atoms with Crippen molar-refractivity contribution < 1.29 is 14.3 Å². The molecule has 0 atom stereocenters. The lowest BCUT2D eigenvalue weighted by Crippen LogP contribution is -2.44. The summed E-state index contributed by atoms with van der Waals surface area (Å²) in [5.74, 6) is 1.17. The molecule has 0 radical (unpaired) electrons. The van der Waals surface area contributed by atoms with Gasteiger partial charge in [-0.2, -0.15) is 0 Å². The van der Waals surface area contributed by atoms with Crippen molar-refractivity contribution in [3.63, 3.8) is 0 Å². The third-order valence-electron chi connectivity index (χ3n) is 4.60. The van der Waals surface area contributed by atoms with Gasteiger partial charge in [0.25, 0.3) is 0 Å². The minimum Gasteiger partial charge on any atom is -0.493 e. The molecule has 5 heteroatoms. The number of methoxy groups -OCH3 is 2. The zero-order valence-electron chi connectivity index (χ0n) is 16.3. The summed E-state index contributed by atoms with van der Waals surface area (Å²) in [5, 5.41) is 6.42. The summed E-state index contributed by atoms with van der Waals surface area (Å²) >= 11 is 0. The van der Waals surface area contributed by atoms with Gasteiger partial charge in [-0.1, -0.05) is 30.3 Å². The fraction of sp³-hybridized carbons (Fsp3) is 0.318. The van der Waals surface area contributed by atoms with Crippen molar-refractivity contribution in [1.29, 1.82) is 0 Å². The topological polar surface area (TPSA) is 59.6 Å². The smallest absolute Gasteiger partial charge is 0.246 e. The van der Waals surface area contributed by atoms with E-state index < -0.39 is 0 Å². The minimum absolute atomic E-state index is 0.0934. The van der Waals surface area contributed by atoms with Gasteiger partial charge in [0.1, 0.15) is 0 Å². The van der Waals surface area contributed by atoms with Gasteiger partial charge in [0, 0.05) is 29.4 Å². The van der Waals surface area contributed by atoms with E-state index >= 15 is 0 Å². The highest BCUT2D eigenvalue weighted by molar-refractivity contribution is 5.95. The summed E-state index contributed by atoms with van der Waals surface area (Å²) in [6.07, 6.45) is 2.56. The van der Waals surface area contributed by atoms with Crippen molar-refractivity contribution in [2.75, 3.05) is 14.2 Å². The third-order valence-corrected chi connectivity index (χ3v) is 4.60. The van der Waals surface area contributed by atoms with Crippen LogP contribution in [0.2, 0.25) is 0 Å². The van der Waals surface area contributed by atoms with Crippen molar-refractivity contribution in [1.82, 2.24) is 10.6 Å². The van der Waals surface area contributed by atoms with E-state index in [0.717, 1.165) is 23.2 Å². The van der Waals surface area contributed by atoms with Crippen LogP contribution in [0.5, 0.6) is 11.5 Å². The fourth-order valence-corrected chi connectivity index (χ4v) is 3.37. The molecule has 2 aromatic rings. The van der Waals surface area contributed by atoms with Crippen molar-refractivity contribution in [2.24, 2.45) is 0 Å². The van der Waals surface area contributed by atoms with E-state index in [0.29, 0.717) is 18.0 Å². The number of benzene rings is 2. The zero-order valence-corrected chi connectivity index (χ0v) is 16.3. The summed E-state index contributed by atoms with van der Waals surface area (Å²) in [7, 11) is 3.20. The summed E-state index contributed by atoms with van der Waals surface area (Å²) in [4.78, 5) is 12.5. The monoisotopic (exact) mass is 366 g/mol. The number of rotatable bonds is 5. The second-order valence-corrected chi connectivity index (χ2v) is 7.31. The molecule has 0 fully saturated rings. The third kappa shape index (κ3) is 4.42. The van der Waals surface area contributed by atoms with Crippen molar-refractivity contribution >= 4 is 11.6 Å². The van der Waals surface area contributed by atoms with Crippen LogP contribution in [-0.4, -0.2) is 25.7 Å². The zero-order chi connectivity index (χ0) is 19.4. The minimum atomic E-state index is -0.139. The highest BCUT2D eigenvalue weighted by atomic mass is 16.5. The Bertz CT molecular complexity index is 872. The summed E-state index contributed by atoms with van der Waals surface area (Å²) < 4.78 is 10.5. The van der Waals surface area contributed by atoms with E-state index in [1.54, 1.807) is 20.3 Å². The number of nitrogens with one attached hydrogen (secondary N) is 2. The summed E-state index contributed by atoms with van der Waals surface area (Å²) in [6.45, 7) is 4.69. The standard InChI is InChI=1S/C22H26N2O3/c1-22(2)13-16-7-5-6-8-17(16)18(24-22)12-21(25)23-14-15-9-10-19(26-3)20(11-15)27-4/h5-12,24H,13-14H2,1-4H3,(H,23,25). The van der Waals surface area contributed by atoms with E-state index in [2.05, 4.69) is 30.5 Å². The van der Waals surface area contributed by atoms with Crippen LogP contribution in [0, 0.1) is 0 Å². The van der Waals surface area contributed by atoms with Crippen molar-refractivity contribution in [2.45, 2.75) is 32.4 Å². The molecule has 0 saturated carbocycles. The molecule has 2 N–H and O–H groups in total. The van der Waals surface area contributed by atoms with Crippen LogP contribution in [0.15, 0.2) is 48.5 Å². The van der Waals surface area contributed by atoms with Gasteiger partial charge >= 0.3 is 0 Å². The Hall–Kier alpha value is -2.95. The van der Waals surface area contributed by atoms with E-state index in [4.69, 9.17) is 9.47 Å².